The minimum absolute atomic E-state index is 0.0259. The van der Waals surface area contributed by atoms with Crippen LogP contribution in [0.15, 0.2) is 16.8 Å². The van der Waals surface area contributed by atoms with E-state index in [9.17, 15) is 14.7 Å². The van der Waals surface area contributed by atoms with E-state index in [1.165, 1.54) is 18.7 Å². The second-order valence-electron chi connectivity index (χ2n) is 12.6. The number of Topliss-reactive ketones (excluding diaryl/α,β-unsaturated/α-hetero) is 1. The third kappa shape index (κ3) is 4.72. The Morgan fingerprint density at radius 2 is 1.97 bits per heavy atom. The molecule has 0 aromatic heterocycles. The van der Waals surface area contributed by atoms with Crippen LogP contribution in [0.2, 0.25) is 0 Å². The average molecular weight is 488 g/mol. The number of ether oxygens (including phenoxy) is 1. The number of nitrogens with zero attached hydrogens (tertiary/aromatic N) is 1. The Kier molecular flexibility index (Phi) is 7.53. The number of oxime groups is 1. The molecule has 3 fully saturated rings. The fourth-order valence-electron chi connectivity index (χ4n) is 8.88. The molecule has 0 saturated heterocycles. The van der Waals surface area contributed by atoms with E-state index in [0.717, 1.165) is 44.9 Å². The molecule has 2 N–H and O–H groups in total. The second kappa shape index (κ2) is 9.99. The predicted molar refractivity (Wildman–Crippen MR) is 135 cm³/mol. The first kappa shape index (κ1) is 26.4. The Balaban J connectivity index is 1.59. The maximum Gasteiger partial charge on any atom is 0.302 e. The molecule has 6 heteroatoms. The summed E-state index contributed by atoms with van der Waals surface area (Å²) in [5.74, 6) is 1.39. The first-order valence-electron chi connectivity index (χ1n) is 13.8. The number of esters is 1. The lowest BCUT2D eigenvalue weighted by molar-refractivity contribution is -0.152. The van der Waals surface area contributed by atoms with Crippen molar-refractivity contribution in [1.29, 1.82) is 0 Å². The SMILES string of the molecule is CC(=O)O[C@H]1C[C@H]2[C@@H]3CC=C4C[C@@H](O)CC[C@]4(C)[C@H]3CC[C@]2(C)[C@H]1[C@H](C)C(=O)CC[C@H](C)/C=N/O. The van der Waals surface area contributed by atoms with Gasteiger partial charge in [0.05, 0.1) is 6.10 Å². The molecule has 3 saturated carbocycles. The number of fused-ring (bicyclic) bond motifs is 5. The highest BCUT2D eigenvalue weighted by atomic mass is 16.5. The van der Waals surface area contributed by atoms with E-state index in [0.29, 0.717) is 30.6 Å². The molecule has 6 nitrogen and oxygen atoms in total. The topological polar surface area (TPSA) is 96.2 Å². The van der Waals surface area contributed by atoms with Crippen molar-refractivity contribution in [3.8, 4) is 0 Å². The fourth-order valence-corrected chi connectivity index (χ4v) is 8.88. The first-order valence-corrected chi connectivity index (χ1v) is 13.8. The molecule has 0 radical (unpaired) electrons. The van der Waals surface area contributed by atoms with E-state index in [1.54, 1.807) is 0 Å². The molecule has 0 bridgehead atoms. The van der Waals surface area contributed by atoms with Crippen LogP contribution in [0.4, 0.5) is 0 Å². The van der Waals surface area contributed by atoms with Gasteiger partial charge >= 0.3 is 5.97 Å². The normalized spacial score (nSPS) is 42.4. The van der Waals surface area contributed by atoms with Gasteiger partial charge in [-0.1, -0.05) is 39.3 Å². The van der Waals surface area contributed by atoms with Crippen LogP contribution in [0.25, 0.3) is 0 Å². The number of ketones is 1. The minimum atomic E-state index is -0.259. The maximum atomic E-state index is 13.4. The number of hydrogen-bond donors (Lipinski definition) is 2. The summed E-state index contributed by atoms with van der Waals surface area (Å²) in [6.07, 6.45) is 11.4. The van der Waals surface area contributed by atoms with E-state index in [-0.39, 0.29) is 52.5 Å². The van der Waals surface area contributed by atoms with Crippen LogP contribution in [0.5, 0.6) is 0 Å². The molecule has 4 aliphatic carbocycles. The van der Waals surface area contributed by atoms with Crippen LogP contribution in [-0.4, -0.2) is 40.5 Å². The van der Waals surface area contributed by atoms with Crippen molar-refractivity contribution >= 4 is 18.0 Å². The standard InChI is InChI=1S/C29H45NO5/c1-17(16-30-34)6-9-25(33)18(2)27-26(35-19(3)31)15-24-22-8-7-20-14-21(32)10-12-28(20,4)23(22)11-13-29(24,27)5/h7,16-18,21-24,26-27,32,34H,6,8-15H2,1-5H3/b30-16+/t17-,18+,21-,22+,23-,24-,26-,27-,28-,29-/m0/s1. The van der Waals surface area contributed by atoms with Gasteiger partial charge in [-0.15, -0.1) is 5.16 Å². The van der Waals surface area contributed by atoms with Crippen molar-refractivity contribution in [2.24, 2.45) is 51.5 Å². The van der Waals surface area contributed by atoms with Gasteiger partial charge in [-0.3, -0.25) is 9.59 Å². The van der Waals surface area contributed by atoms with Gasteiger partial charge in [0, 0.05) is 31.4 Å². The summed E-state index contributed by atoms with van der Waals surface area (Å²) in [6.45, 7) is 10.2. The molecule has 196 valence electrons. The Morgan fingerprint density at radius 1 is 1.23 bits per heavy atom. The van der Waals surface area contributed by atoms with Crippen LogP contribution in [0, 0.1) is 46.3 Å². The third-order valence-corrected chi connectivity index (χ3v) is 10.7. The molecular formula is C29H45NO5. The van der Waals surface area contributed by atoms with Crippen molar-refractivity contribution in [3.63, 3.8) is 0 Å². The van der Waals surface area contributed by atoms with Gasteiger partial charge in [0.1, 0.15) is 11.9 Å². The fraction of sp³-hybridized carbons (Fsp3) is 0.828. The third-order valence-electron chi connectivity index (χ3n) is 10.7. The minimum Gasteiger partial charge on any atom is -0.462 e. The van der Waals surface area contributed by atoms with Gasteiger partial charge in [-0.05, 0) is 85.9 Å². The number of carbonyl (C=O) groups excluding carboxylic acids is 2. The number of aliphatic hydroxyl groups excluding tert-OH is 1. The molecule has 0 heterocycles. The van der Waals surface area contributed by atoms with E-state index in [1.807, 2.05) is 13.8 Å². The first-order chi connectivity index (χ1) is 16.5. The zero-order chi connectivity index (χ0) is 25.5. The highest BCUT2D eigenvalue weighted by Crippen LogP contribution is 2.67. The van der Waals surface area contributed by atoms with E-state index in [4.69, 9.17) is 9.94 Å². The molecule has 0 aliphatic heterocycles. The largest absolute Gasteiger partial charge is 0.462 e. The molecule has 35 heavy (non-hydrogen) atoms. The number of allylic oxidation sites excluding steroid dienone is 1. The summed E-state index contributed by atoms with van der Waals surface area (Å²) in [7, 11) is 0. The Hall–Kier alpha value is -1.69. The van der Waals surface area contributed by atoms with Crippen molar-refractivity contribution in [1.82, 2.24) is 0 Å². The number of carbonyl (C=O) groups is 2. The monoisotopic (exact) mass is 487 g/mol. The molecule has 0 aromatic rings. The molecular weight excluding hydrogens is 442 g/mol. The van der Waals surface area contributed by atoms with Crippen LogP contribution < -0.4 is 0 Å². The molecule has 0 unspecified atom stereocenters. The molecule has 4 aliphatic rings. The van der Waals surface area contributed by atoms with Gasteiger partial charge in [0.15, 0.2) is 0 Å². The summed E-state index contributed by atoms with van der Waals surface area (Å²) in [6, 6.07) is 0. The lowest BCUT2D eigenvalue weighted by Gasteiger charge is -2.58. The number of hydrogen-bond acceptors (Lipinski definition) is 6. The van der Waals surface area contributed by atoms with Crippen LogP contribution in [0.3, 0.4) is 0 Å². The summed E-state index contributed by atoms with van der Waals surface area (Å²) in [5.41, 5.74) is 1.57. The Morgan fingerprint density at radius 3 is 2.66 bits per heavy atom. The highest BCUT2D eigenvalue weighted by Gasteiger charge is 2.63. The van der Waals surface area contributed by atoms with Gasteiger partial charge < -0.3 is 15.1 Å². The lowest BCUT2D eigenvalue weighted by atomic mass is 9.47. The summed E-state index contributed by atoms with van der Waals surface area (Å²) >= 11 is 0. The number of aliphatic hydroxyl groups is 1. The molecule has 0 amide bonds. The molecule has 10 atom stereocenters. The van der Waals surface area contributed by atoms with E-state index >= 15 is 0 Å². The van der Waals surface area contributed by atoms with Crippen LogP contribution >= 0.6 is 0 Å². The molecule has 4 rings (SSSR count). The van der Waals surface area contributed by atoms with Crippen LogP contribution in [0.1, 0.15) is 92.4 Å². The Bertz CT molecular complexity index is 882. The van der Waals surface area contributed by atoms with E-state index < -0.39 is 0 Å². The van der Waals surface area contributed by atoms with Gasteiger partial charge in [-0.2, -0.15) is 0 Å². The van der Waals surface area contributed by atoms with Crippen molar-refractivity contribution in [2.45, 2.75) is 105 Å². The van der Waals surface area contributed by atoms with Crippen molar-refractivity contribution < 1.29 is 24.6 Å². The van der Waals surface area contributed by atoms with Gasteiger partial charge in [0.25, 0.3) is 0 Å². The van der Waals surface area contributed by atoms with Crippen molar-refractivity contribution in [2.75, 3.05) is 0 Å². The molecule has 0 spiro atoms. The smallest absolute Gasteiger partial charge is 0.302 e. The predicted octanol–water partition coefficient (Wildman–Crippen LogP) is 5.55. The van der Waals surface area contributed by atoms with Gasteiger partial charge in [-0.25, -0.2) is 0 Å². The quantitative estimate of drug-likeness (QED) is 0.161. The zero-order valence-corrected chi connectivity index (χ0v) is 22.2. The van der Waals surface area contributed by atoms with Crippen LogP contribution in [-0.2, 0) is 14.3 Å². The average Bonchev–Trinajstić information content (AvgIpc) is 3.08. The zero-order valence-electron chi connectivity index (χ0n) is 22.2. The van der Waals surface area contributed by atoms with Crippen molar-refractivity contribution in [3.05, 3.63) is 11.6 Å². The lowest BCUT2D eigenvalue weighted by Crippen LogP contribution is -2.51. The summed E-state index contributed by atoms with van der Waals surface area (Å²) in [5, 5.41) is 22.2. The van der Waals surface area contributed by atoms with Gasteiger partial charge in [0.2, 0.25) is 0 Å². The second-order valence-corrected chi connectivity index (χ2v) is 12.6. The number of rotatable bonds is 7. The Labute approximate surface area is 210 Å². The molecule has 0 aromatic carbocycles. The summed E-state index contributed by atoms with van der Waals surface area (Å²) < 4.78 is 5.95. The summed E-state index contributed by atoms with van der Waals surface area (Å²) in [4.78, 5) is 25.5. The highest BCUT2D eigenvalue weighted by molar-refractivity contribution is 5.81. The maximum absolute atomic E-state index is 13.4. The van der Waals surface area contributed by atoms with E-state index in [2.05, 4.69) is 25.1 Å².